The number of methoxy groups -OCH3 is 1. The van der Waals surface area contributed by atoms with E-state index < -0.39 is 10.0 Å². The molecule has 2 aromatic carbocycles. The number of hydrogen-bond acceptors (Lipinski definition) is 4. The Kier molecular flexibility index (Phi) is 6.28. The molecule has 0 heterocycles. The molecule has 0 fully saturated rings. The lowest BCUT2D eigenvalue weighted by molar-refractivity contribution is 0.0785. The Balaban J connectivity index is 2.25. The van der Waals surface area contributed by atoms with Crippen molar-refractivity contribution in [3.05, 3.63) is 58.6 Å². The molecule has 0 aliphatic heterocycles. The molecule has 26 heavy (non-hydrogen) atoms. The van der Waals surface area contributed by atoms with Crippen molar-refractivity contribution in [2.75, 3.05) is 28.3 Å². The van der Waals surface area contributed by atoms with Gasteiger partial charge < -0.3 is 9.64 Å². The van der Waals surface area contributed by atoms with Crippen LogP contribution < -0.4 is 4.74 Å². The van der Waals surface area contributed by atoms with Crippen LogP contribution in [-0.4, -0.2) is 51.8 Å². The molecule has 0 aliphatic rings. The van der Waals surface area contributed by atoms with Crippen LogP contribution in [0.4, 0.5) is 0 Å². The summed E-state index contributed by atoms with van der Waals surface area (Å²) in [5.74, 6) is 0.437. The highest BCUT2D eigenvalue weighted by atomic mass is 35.5. The van der Waals surface area contributed by atoms with Gasteiger partial charge in [0.1, 0.15) is 10.6 Å². The van der Waals surface area contributed by atoms with Crippen molar-refractivity contribution in [2.45, 2.75) is 11.4 Å². The van der Waals surface area contributed by atoms with Crippen molar-refractivity contribution in [1.29, 1.82) is 0 Å². The van der Waals surface area contributed by atoms with Gasteiger partial charge in [0.05, 0.1) is 12.1 Å². The minimum absolute atomic E-state index is 0.0769. The fraction of sp³-hybridized carbons (Fsp3) is 0.278. The largest absolute Gasteiger partial charge is 0.497 e. The van der Waals surface area contributed by atoms with E-state index in [0.717, 1.165) is 15.6 Å². The molecular formula is C18H21ClN2O4S. The number of ether oxygens (including phenoxy) is 1. The van der Waals surface area contributed by atoms with Gasteiger partial charge in [-0.3, -0.25) is 4.79 Å². The molecule has 8 heteroatoms. The highest BCUT2D eigenvalue weighted by Gasteiger charge is 2.23. The molecule has 0 N–H and O–H groups in total. The third kappa shape index (κ3) is 4.35. The quantitative estimate of drug-likeness (QED) is 0.753. The Labute approximate surface area is 159 Å². The first-order valence-corrected chi connectivity index (χ1v) is 9.59. The third-order valence-electron chi connectivity index (χ3n) is 3.86. The molecule has 0 spiro atoms. The maximum absolute atomic E-state index is 12.7. The van der Waals surface area contributed by atoms with Crippen LogP contribution in [0.1, 0.15) is 15.9 Å². The molecule has 140 valence electrons. The number of carbonyl (C=O) groups is 1. The summed E-state index contributed by atoms with van der Waals surface area (Å²) in [6.45, 7) is 0.376. The minimum atomic E-state index is -3.74. The van der Waals surface area contributed by atoms with Crippen LogP contribution in [0.5, 0.6) is 5.75 Å². The molecule has 0 atom stereocenters. The molecule has 2 aromatic rings. The van der Waals surface area contributed by atoms with Crippen molar-refractivity contribution in [3.63, 3.8) is 0 Å². The molecule has 2 rings (SSSR count). The Morgan fingerprint density at radius 3 is 2.23 bits per heavy atom. The van der Waals surface area contributed by atoms with Crippen molar-refractivity contribution in [2.24, 2.45) is 0 Å². The van der Waals surface area contributed by atoms with Crippen LogP contribution >= 0.6 is 11.6 Å². The zero-order chi connectivity index (χ0) is 19.5. The number of carbonyl (C=O) groups excluding carboxylic acids is 1. The molecule has 0 aliphatic carbocycles. The lowest BCUT2D eigenvalue weighted by atomic mass is 10.1. The maximum atomic E-state index is 12.7. The summed E-state index contributed by atoms with van der Waals surface area (Å²) in [6, 6.07) is 11.6. The van der Waals surface area contributed by atoms with Crippen LogP contribution in [0.15, 0.2) is 47.4 Å². The number of rotatable bonds is 6. The van der Waals surface area contributed by atoms with E-state index in [2.05, 4.69) is 0 Å². The summed E-state index contributed by atoms with van der Waals surface area (Å²) in [7, 11) is 2.33. The number of halogens is 1. The second-order valence-corrected chi connectivity index (χ2v) is 8.47. The van der Waals surface area contributed by atoms with E-state index in [4.69, 9.17) is 16.3 Å². The summed E-state index contributed by atoms with van der Waals surface area (Å²) < 4.78 is 30.9. The Hall–Kier alpha value is -2.09. The van der Waals surface area contributed by atoms with E-state index in [1.807, 2.05) is 24.3 Å². The van der Waals surface area contributed by atoms with Crippen molar-refractivity contribution < 1.29 is 17.9 Å². The first-order valence-electron chi connectivity index (χ1n) is 7.77. The second-order valence-electron chi connectivity index (χ2n) is 5.94. The van der Waals surface area contributed by atoms with Gasteiger partial charge >= 0.3 is 0 Å². The van der Waals surface area contributed by atoms with Gasteiger partial charge in [0.2, 0.25) is 10.0 Å². The zero-order valence-electron chi connectivity index (χ0n) is 15.1. The number of benzene rings is 2. The molecule has 0 unspecified atom stereocenters. The van der Waals surface area contributed by atoms with Gasteiger partial charge in [-0.05, 0) is 35.9 Å². The second kappa shape index (κ2) is 8.07. The van der Waals surface area contributed by atoms with Crippen molar-refractivity contribution in [1.82, 2.24) is 9.21 Å². The molecule has 0 aromatic heterocycles. The van der Waals surface area contributed by atoms with E-state index in [9.17, 15) is 13.2 Å². The molecule has 1 amide bonds. The summed E-state index contributed by atoms with van der Waals surface area (Å²) in [5, 5.41) is 0.0769. The predicted molar refractivity (Wildman–Crippen MR) is 101 cm³/mol. The minimum Gasteiger partial charge on any atom is -0.497 e. The SMILES string of the molecule is COc1ccc(CN(C)C(=O)c2ccc(Cl)c(S(=O)(=O)N(C)C)c2)cc1. The number of amides is 1. The number of hydrogen-bond donors (Lipinski definition) is 0. The first kappa shape index (κ1) is 20.2. The van der Waals surface area contributed by atoms with Gasteiger partial charge in [0.25, 0.3) is 5.91 Å². The van der Waals surface area contributed by atoms with Crippen LogP contribution in [0, 0.1) is 0 Å². The fourth-order valence-corrected chi connectivity index (χ4v) is 3.72. The first-order chi connectivity index (χ1) is 12.2. The van der Waals surface area contributed by atoms with Gasteiger partial charge in [-0.25, -0.2) is 12.7 Å². The monoisotopic (exact) mass is 396 g/mol. The normalized spacial score (nSPS) is 11.5. The lowest BCUT2D eigenvalue weighted by Gasteiger charge is -2.19. The Morgan fingerprint density at radius 1 is 1.08 bits per heavy atom. The van der Waals surface area contributed by atoms with Crippen LogP contribution in [0.2, 0.25) is 5.02 Å². The van der Waals surface area contributed by atoms with E-state index in [1.165, 1.54) is 37.2 Å². The van der Waals surface area contributed by atoms with Crippen LogP contribution in [0.25, 0.3) is 0 Å². The van der Waals surface area contributed by atoms with Crippen LogP contribution in [-0.2, 0) is 16.6 Å². The molecule has 0 bridgehead atoms. The molecule has 6 nitrogen and oxygen atoms in total. The lowest BCUT2D eigenvalue weighted by Crippen LogP contribution is -2.27. The number of nitrogens with zero attached hydrogens (tertiary/aromatic N) is 2. The van der Waals surface area contributed by atoms with Gasteiger partial charge in [0.15, 0.2) is 0 Å². The highest BCUT2D eigenvalue weighted by molar-refractivity contribution is 7.89. The van der Waals surface area contributed by atoms with E-state index >= 15 is 0 Å². The van der Waals surface area contributed by atoms with Gasteiger partial charge in [-0.1, -0.05) is 23.7 Å². The molecule has 0 saturated heterocycles. The molecular weight excluding hydrogens is 376 g/mol. The zero-order valence-corrected chi connectivity index (χ0v) is 16.6. The number of sulfonamides is 1. The maximum Gasteiger partial charge on any atom is 0.253 e. The van der Waals surface area contributed by atoms with Gasteiger partial charge in [-0.2, -0.15) is 0 Å². The highest BCUT2D eigenvalue weighted by Crippen LogP contribution is 2.25. The van der Waals surface area contributed by atoms with Crippen LogP contribution in [0.3, 0.4) is 0 Å². The van der Waals surface area contributed by atoms with E-state index in [1.54, 1.807) is 14.2 Å². The molecule has 0 radical (unpaired) electrons. The predicted octanol–water partition coefficient (Wildman–Crippen LogP) is 2.87. The topological polar surface area (TPSA) is 66.9 Å². The average molecular weight is 397 g/mol. The average Bonchev–Trinajstić information content (AvgIpc) is 2.61. The van der Waals surface area contributed by atoms with E-state index in [-0.39, 0.29) is 21.4 Å². The molecule has 0 saturated carbocycles. The summed E-state index contributed by atoms with van der Waals surface area (Å²) in [6.07, 6.45) is 0. The standard InChI is InChI=1S/C18H21ClN2O4S/c1-20(2)26(23,24)17-11-14(7-10-16(17)19)18(22)21(3)12-13-5-8-15(25-4)9-6-13/h5-11H,12H2,1-4H3. The van der Waals surface area contributed by atoms with Gasteiger partial charge in [-0.15, -0.1) is 0 Å². The summed E-state index contributed by atoms with van der Waals surface area (Å²) in [5.41, 5.74) is 1.18. The fourth-order valence-electron chi connectivity index (χ4n) is 2.33. The van der Waals surface area contributed by atoms with E-state index in [0.29, 0.717) is 6.54 Å². The summed E-state index contributed by atoms with van der Waals surface area (Å²) in [4.78, 5) is 14.1. The Bertz CT molecular complexity index is 896. The smallest absolute Gasteiger partial charge is 0.253 e. The van der Waals surface area contributed by atoms with Crippen molar-refractivity contribution >= 4 is 27.5 Å². The third-order valence-corrected chi connectivity index (χ3v) is 6.16. The van der Waals surface area contributed by atoms with Crippen molar-refractivity contribution in [3.8, 4) is 5.75 Å². The Morgan fingerprint density at radius 2 is 1.69 bits per heavy atom. The summed E-state index contributed by atoms with van der Waals surface area (Å²) >= 11 is 6.02. The van der Waals surface area contributed by atoms with Gasteiger partial charge in [0, 0.05) is 33.3 Å².